The Labute approximate surface area is 184 Å². The molecule has 0 unspecified atom stereocenters. The summed E-state index contributed by atoms with van der Waals surface area (Å²) in [5.41, 5.74) is 0.934. The topological polar surface area (TPSA) is 114 Å². The zero-order chi connectivity index (χ0) is 23.9. The number of ether oxygens (including phenoxy) is 1. The summed E-state index contributed by atoms with van der Waals surface area (Å²) >= 11 is 5.99. The van der Waals surface area contributed by atoms with Crippen LogP contribution in [0.3, 0.4) is 0 Å². The number of halogens is 5. The number of Topliss-reactive ketones (excluding diaryl/α,β-unsaturated/α-hetero) is 1. The van der Waals surface area contributed by atoms with Crippen molar-refractivity contribution in [1.82, 2.24) is 9.97 Å². The van der Waals surface area contributed by atoms with Crippen LogP contribution >= 0.6 is 11.6 Å². The lowest BCUT2D eigenvalue weighted by Crippen LogP contribution is -2.60. The Morgan fingerprint density at radius 3 is 2.62 bits per heavy atom. The van der Waals surface area contributed by atoms with Gasteiger partial charge in [0.05, 0.1) is 23.6 Å². The van der Waals surface area contributed by atoms with Gasteiger partial charge in [-0.1, -0.05) is 11.6 Å². The lowest BCUT2D eigenvalue weighted by molar-refractivity contribution is -0.249. The third kappa shape index (κ3) is 4.16. The van der Waals surface area contributed by atoms with Gasteiger partial charge < -0.3 is 10.5 Å². The van der Waals surface area contributed by atoms with Crippen LogP contribution in [0.15, 0.2) is 29.4 Å². The fraction of sp³-hybridized carbons (Fsp3) is 0.350. The van der Waals surface area contributed by atoms with Crippen molar-refractivity contribution < 1.29 is 27.1 Å². The van der Waals surface area contributed by atoms with Gasteiger partial charge in [0.2, 0.25) is 5.60 Å². The SMILES string of the molecule is C[C@@]1(c2nc(CC(=O)c3ncc(C#N)cc3Cl)ccc2F)CO[C@@](C)(C(F)(F)F)C(N)=N1. The molecule has 0 aliphatic carbocycles. The Morgan fingerprint density at radius 1 is 1.38 bits per heavy atom. The molecule has 0 aromatic carbocycles. The summed E-state index contributed by atoms with van der Waals surface area (Å²) < 4.78 is 59.5. The van der Waals surface area contributed by atoms with Gasteiger partial charge in [-0.3, -0.25) is 19.8 Å². The van der Waals surface area contributed by atoms with Crippen molar-refractivity contribution in [2.75, 3.05) is 6.61 Å². The van der Waals surface area contributed by atoms with Gasteiger partial charge >= 0.3 is 6.18 Å². The number of nitriles is 1. The molecule has 1 aliphatic rings. The highest BCUT2D eigenvalue weighted by atomic mass is 35.5. The number of carbonyl (C=O) groups excluding carboxylic acids is 1. The standard InChI is InChI=1S/C20H16ClF4N5O2/c1-18(9-32-19(2,17(27)30-18)20(23,24)25)16-13(22)4-3-11(29-16)6-14(31)15-12(21)5-10(7-26)8-28-15/h3-5,8H,6,9H2,1-2H3,(H2,27,30)/t18-,19+/m0/s1. The van der Waals surface area contributed by atoms with Gasteiger partial charge in [0.15, 0.2) is 5.78 Å². The summed E-state index contributed by atoms with van der Waals surface area (Å²) in [4.78, 5) is 24.4. The van der Waals surface area contributed by atoms with E-state index >= 15 is 0 Å². The van der Waals surface area contributed by atoms with E-state index < -0.39 is 41.4 Å². The van der Waals surface area contributed by atoms with Gasteiger partial charge in [0, 0.05) is 11.9 Å². The molecule has 1 aliphatic heterocycles. The number of aromatic nitrogens is 2. The molecule has 0 radical (unpaired) electrons. The number of pyridine rings is 2. The number of hydrogen-bond acceptors (Lipinski definition) is 7. The third-order valence-corrected chi connectivity index (χ3v) is 5.32. The first-order valence-electron chi connectivity index (χ1n) is 9.12. The molecule has 12 heteroatoms. The smallest absolute Gasteiger partial charge is 0.385 e. The molecule has 168 valence electrons. The van der Waals surface area contributed by atoms with E-state index in [9.17, 15) is 22.4 Å². The Kier molecular flexibility index (Phi) is 5.97. The quantitative estimate of drug-likeness (QED) is 0.541. The maximum absolute atomic E-state index is 14.6. The second-order valence-corrected chi connectivity index (χ2v) is 7.90. The van der Waals surface area contributed by atoms with Crippen molar-refractivity contribution in [2.24, 2.45) is 10.7 Å². The van der Waals surface area contributed by atoms with Gasteiger partial charge in [-0.25, -0.2) is 4.39 Å². The predicted molar refractivity (Wildman–Crippen MR) is 106 cm³/mol. The average Bonchev–Trinajstić information content (AvgIpc) is 2.71. The monoisotopic (exact) mass is 469 g/mol. The summed E-state index contributed by atoms with van der Waals surface area (Å²) in [6.07, 6.45) is -3.98. The molecule has 2 atom stereocenters. The molecule has 32 heavy (non-hydrogen) atoms. The second-order valence-electron chi connectivity index (χ2n) is 7.49. The summed E-state index contributed by atoms with van der Waals surface area (Å²) in [5.74, 6) is -2.27. The fourth-order valence-corrected chi connectivity index (χ4v) is 3.29. The highest BCUT2D eigenvalue weighted by molar-refractivity contribution is 6.33. The molecular weight excluding hydrogens is 454 g/mol. The average molecular weight is 470 g/mol. The molecule has 0 bridgehead atoms. The largest absolute Gasteiger partial charge is 0.424 e. The van der Waals surface area contributed by atoms with Gasteiger partial charge in [0.1, 0.15) is 34.6 Å². The van der Waals surface area contributed by atoms with E-state index in [1.807, 2.05) is 6.07 Å². The number of nitrogens with zero attached hydrogens (tertiary/aromatic N) is 4. The summed E-state index contributed by atoms with van der Waals surface area (Å²) in [7, 11) is 0. The van der Waals surface area contributed by atoms with Crippen LogP contribution in [-0.2, 0) is 16.7 Å². The number of aliphatic imine (C=N–C) groups is 1. The summed E-state index contributed by atoms with van der Waals surface area (Å²) in [6, 6.07) is 5.38. The minimum atomic E-state index is -4.82. The first kappa shape index (κ1) is 23.6. The van der Waals surface area contributed by atoms with Crippen molar-refractivity contribution in [3.8, 4) is 6.07 Å². The van der Waals surface area contributed by atoms with Crippen LogP contribution in [0, 0.1) is 17.1 Å². The zero-order valence-electron chi connectivity index (χ0n) is 16.8. The van der Waals surface area contributed by atoms with Crippen LogP contribution in [-0.4, -0.2) is 40.0 Å². The first-order chi connectivity index (χ1) is 14.8. The van der Waals surface area contributed by atoms with Gasteiger partial charge in [-0.2, -0.15) is 18.4 Å². The molecule has 2 aromatic heterocycles. The Balaban J connectivity index is 1.93. The predicted octanol–water partition coefficient (Wildman–Crippen LogP) is 3.49. The van der Waals surface area contributed by atoms with E-state index in [-0.39, 0.29) is 34.1 Å². The van der Waals surface area contributed by atoms with E-state index in [1.54, 1.807) is 0 Å². The van der Waals surface area contributed by atoms with Crippen molar-refractivity contribution >= 4 is 23.2 Å². The molecule has 0 amide bonds. The van der Waals surface area contributed by atoms with Crippen LogP contribution in [0.5, 0.6) is 0 Å². The van der Waals surface area contributed by atoms with Crippen molar-refractivity contribution in [3.05, 3.63) is 57.9 Å². The van der Waals surface area contributed by atoms with Gasteiger partial charge in [-0.05, 0) is 32.0 Å². The number of hydrogen-bond donors (Lipinski definition) is 1. The van der Waals surface area contributed by atoms with Crippen LogP contribution in [0.2, 0.25) is 5.02 Å². The maximum atomic E-state index is 14.6. The molecule has 0 saturated carbocycles. The van der Waals surface area contributed by atoms with Crippen LogP contribution in [0.4, 0.5) is 17.6 Å². The van der Waals surface area contributed by atoms with Crippen LogP contribution < -0.4 is 5.73 Å². The second kappa shape index (κ2) is 8.11. The molecule has 2 N–H and O–H groups in total. The summed E-state index contributed by atoms with van der Waals surface area (Å²) in [5, 5.41) is 8.82. The molecular formula is C20H16ClF4N5O2. The number of amidine groups is 1. The number of alkyl halides is 3. The first-order valence-corrected chi connectivity index (χ1v) is 9.50. The lowest BCUT2D eigenvalue weighted by Gasteiger charge is -2.40. The number of ketones is 1. The van der Waals surface area contributed by atoms with E-state index in [2.05, 4.69) is 15.0 Å². The third-order valence-electron chi connectivity index (χ3n) is 5.03. The van der Waals surface area contributed by atoms with E-state index in [0.29, 0.717) is 0 Å². The number of nitrogens with two attached hydrogens (primary N) is 1. The Hall–Kier alpha value is -3.10. The van der Waals surface area contributed by atoms with E-state index in [0.717, 1.165) is 13.0 Å². The van der Waals surface area contributed by atoms with Gasteiger partial charge in [-0.15, -0.1) is 0 Å². The lowest BCUT2D eigenvalue weighted by atomic mass is 9.93. The maximum Gasteiger partial charge on any atom is 0.424 e. The van der Waals surface area contributed by atoms with Crippen LogP contribution in [0.25, 0.3) is 0 Å². The molecule has 0 saturated heterocycles. The van der Waals surface area contributed by atoms with Crippen molar-refractivity contribution in [1.29, 1.82) is 5.26 Å². The van der Waals surface area contributed by atoms with Gasteiger partial charge in [0.25, 0.3) is 0 Å². The van der Waals surface area contributed by atoms with Crippen LogP contribution in [0.1, 0.15) is 41.3 Å². The van der Waals surface area contributed by atoms with Crippen molar-refractivity contribution in [2.45, 2.75) is 37.6 Å². The van der Waals surface area contributed by atoms with E-state index in [1.165, 1.54) is 25.3 Å². The number of rotatable bonds is 4. The Bertz CT molecular complexity index is 1160. The minimum absolute atomic E-state index is 0.0344. The number of carbonyl (C=O) groups is 1. The normalized spacial score (nSPS) is 23.4. The Morgan fingerprint density at radius 2 is 2.06 bits per heavy atom. The molecule has 3 heterocycles. The fourth-order valence-electron chi connectivity index (χ4n) is 3.02. The molecule has 0 spiro atoms. The van der Waals surface area contributed by atoms with E-state index in [4.69, 9.17) is 27.3 Å². The minimum Gasteiger partial charge on any atom is -0.385 e. The molecule has 7 nitrogen and oxygen atoms in total. The molecule has 2 aromatic rings. The highest BCUT2D eigenvalue weighted by Gasteiger charge is 2.59. The summed E-state index contributed by atoms with van der Waals surface area (Å²) in [6.45, 7) is 1.42. The highest BCUT2D eigenvalue weighted by Crippen LogP contribution is 2.40. The zero-order valence-corrected chi connectivity index (χ0v) is 17.6. The molecule has 0 fully saturated rings. The van der Waals surface area contributed by atoms with Crippen molar-refractivity contribution in [3.63, 3.8) is 0 Å². The molecule has 3 rings (SSSR count).